The number of carbonyl (C=O) groups is 2. The molecule has 6 nitrogen and oxygen atoms in total. The number of hydrogen-bond acceptors (Lipinski definition) is 4. The Labute approximate surface area is 154 Å². The zero-order valence-electron chi connectivity index (χ0n) is 14.2. The van der Waals surface area contributed by atoms with Gasteiger partial charge in [-0.25, -0.2) is 0 Å². The SMILES string of the molecule is Cl.O=C(NC[C@H]1[C@@H]2CNC[C@@H](C2)[C@@H]2CCCC(=O)N21)c1ccccn1. The third kappa shape index (κ3) is 3.51. The van der Waals surface area contributed by atoms with Gasteiger partial charge in [0.2, 0.25) is 5.91 Å². The number of piperidine rings is 3. The normalized spacial score (nSPS) is 30.9. The van der Waals surface area contributed by atoms with Crippen LogP contribution in [-0.4, -0.2) is 53.4 Å². The molecule has 4 rings (SSSR count). The van der Waals surface area contributed by atoms with Gasteiger partial charge in [-0.05, 0) is 49.8 Å². The maximum Gasteiger partial charge on any atom is 0.269 e. The maximum absolute atomic E-state index is 12.6. The van der Waals surface area contributed by atoms with Crippen LogP contribution in [0.4, 0.5) is 0 Å². The fourth-order valence-electron chi connectivity index (χ4n) is 4.68. The van der Waals surface area contributed by atoms with E-state index >= 15 is 0 Å². The molecule has 3 saturated heterocycles. The van der Waals surface area contributed by atoms with Crippen LogP contribution in [0, 0.1) is 11.8 Å². The highest BCUT2D eigenvalue weighted by atomic mass is 35.5. The number of nitrogens with zero attached hydrogens (tertiary/aromatic N) is 2. The van der Waals surface area contributed by atoms with E-state index < -0.39 is 0 Å². The van der Waals surface area contributed by atoms with E-state index in [0.717, 1.165) is 32.4 Å². The first-order valence-corrected chi connectivity index (χ1v) is 8.95. The second-order valence-corrected chi connectivity index (χ2v) is 7.17. The summed E-state index contributed by atoms with van der Waals surface area (Å²) in [6.07, 6.45) is 5.51. The molecular formula is C18H25ClN4O2. The van der Waals surface area contributed by atoms with Crippen LogP contribution in [0.1, 0.15) is 36.2 Å². The third-order valence-electron chi connectivity index (χ3n) is 5.77. The first kappa shape index (κ1) is 18.1. The van der Waals surface area contributed by atoms with Crippen molar-refractivity contribution in [3.05, 3.63) is 30.1 Å². The molecule has 0 radical (unpaired) electrons. The van der Waals surface area contributed by atoms with Crippen molar-refractivity contribution in [2.24, 2.45) is 11.8 Å². The van der Waals surface area contributed by atoms with Gasteiger partial charge in [0, 0.05) is 31.7 Å². The van der Waals surface area contributed by atoms with Crippen molar-refractivity contribution in [2.45, 2.75) is 37.8 Å². The zero-order valence-corrected chi connectivity index (χ0v) is 15.0. The molecule has 0 spiro atoms. The van der Waals surface area contributed by atoms with Crippen molar-refractivity contribution in [1.82, 2.24) is 20.5 Å². The minimum Gasteiger partial charge on any atom is -0.349 e. The Kier molecular flexibility index (Phi) is 5.59. The van der Waals surface area contributed by atoms with Crippen LogP contribution in [0.25, 0.3) is 0 Å². The average molecular weight is 365 g/mol. The molecule has 3 aliphatic rings. The largest absolute Gasteiger partial charge is 0.349 e. The molecule has 0 saturated carbocycles. The van der Waals surface area contributed by atoms with Crippen molar-refractivity contribution in [1.29, 1.82) is 0 Å². The molecule has 3 fully saturated rings. The quantitative estimate of drug-likeness (QED) is 0.845. The summed E-state index contributed by atoms with van der Waals surface area (Å²) in [4.78, 5) is 31.1. The highest BCUT2D eigenvalue weighted by Gasteiger charge is 2.47. The van der Waals surface area contributed by atoms with Gasteiger partial charge in [0.05, 0.1) is 6.04 Å². The molecule has 25 heavy (non-hydrogen) atoms. The van der Waals surface area contributed by atoms with Gasteiger partial charge in [0.25, 0.3) is 5.91 Å². The first-order chi connectivity index (χ1) is 11.7. The molecule has 4 heterocycles. The van der Waals surface area contributed by atoms with Crippen LogP contribution < -0.4 is 10.6 Å². The van der Waals surface area contributed by atoms with Gasteiger partial charge in [-0.1, -0.05) is 6.07 Å². The molecule has 0 aromatic carbocycles. The molecule has 0 aliphatic carbocycles. The zero-order chi connectivity index (χ0) is 16.5. The van der Waals surface area contributed by atoms with E-state index in [1.165, 1.54) is 0 Å². The van der Waals surface area contributed by atoms with Crippen molar-refractivity contribution in [3.8, 4) is 0 Å². The Balaban J connectivity index is 0.00000182. The van der Waals surface area contributed by atoms with E-state index in [0.29, 0.717) is 36.5 Å². The number of amides is 2. The molecular weight excluding hydrogens is 340 g/mol. The molecule has 3 aliphatic heterocycles. The van der Waals surface area contributed by atoms with Gasteiger partial charge in [0.1, 0.15) is 5.69 Å². The van der Waals surface area contributed by atoms with E-state index in [9.17, 15) is 9.59 Å². The predicted octanol–water partition coefficient (Wildman–Crippen LogP) is 1.22. The van der Waals surface area contributed by atoms with Gasteiger partial charge in [-0.15, -0.1) is 12.4 Å². The number of rotatable bonds is 3. The highest BCUT2D eigenvalue weighted by Crippen LogP contribution is 2.39. The summed E-state index contributed by atoms with van der Waals surface area (Å²) in [5.41, 5.74) is 0.425. The predicted molar refractivity (Wildman–Crippen MR) is 96.6 cm³/mol. The number of fused-ring (bicyclic) bond motifs is 4. The van der Waals surface area contributed by atoms with Gasteiger partial charge in [0.15, 0.2) is 0 Å². The van der Waals surface area contributed by atoms with E-state index in [1.54, 1.807) is 18.3 Å². The lowest BCUT2D eigenvalue weighted by atomic mass is 9.72. The molecule has 4 atom stereocenters. The summed E-state index contributed by atoms with van der Waals surface area (Å²) >= 11 is 0. The Morgan fingerprint density at radius 2 is 2.16 bits per heavy atom. The lowest BCUT2D eigenvalue weighted by Crippen LogP contribution is -2.66. The number of aromatic nitrogens is 1. The molecule has 136 valence electrons. The standard InChI is InChI=1S/C18H24N4O2.ClH/c23-17-6-3-5-15-12-8-13(10-19-9-12)16(22(15)17)11-21-18(24)14-4-1-2-7-20-14;/h1-2,4,7,12-13,15-16,19H,3,5-6,8-11H2,(H,21,24);1H/t12-,13+,15+,16+;/m1./s1. The second-order valence-electron chi connectivity index (χ2n) is 7.17. The third-order valence-corrected chi connectivity index (χ3v) is 5.77. The Morgan fingerprint density at radius 1 is 1.32 bits per heavy atom. The molecule has 2 amide bonds. The number of nitrogens with one attached hydrogen (secondary N) is 2. The summed E-state index contributed by atoms with van der Waals surface area (Å²) < 4.78 is 0. The number of pyridine rings is 1. The van der Waals surface area contributed by atoms with Crippen LogP contribution in [0.5, 0.6) is 0 Å². The molecule has 1 aromatic rings. The average Bonchev–Trinajstić information content (AvgIpc) is 2.63. The first-order valence-electron chi connectivity index (χ1n) is 8.95. The number of hydrogen-bond donors (Lipinski definition) is 2. The Hall–Kier alpha value is -1.66. The monoisotopic (exact) mass is 364 g/mol. The number of halogens is 1. The molecule has 0 unspecified atom stereocenters. The summed E-state index contributed by atoms with van der Waals surface area (Å²) in [6, 6.07) is 5.75. The summed E-state index contributed by atoms with van der Waals surface area (Å²) in [5.74, 6) is 1.09. The topological polar surface area (TPSA) is 74.3 Å². The van der Waals surface area contributed by atoms with E-state index in [4.69, 9.17) is 0 Å². The van der Waals surface area contributed by atoms with Crippen molar-refractivity contribution in [3.63, 3.8) is 0 Å². The molecule has 2 bridgehead atoms. The Morgan fingerprint density at radius 3 is 2.96 bits per heavy atom. The van der Waals surface area contributed by atoms with Crippen LogP contribution in [-0.2, 0) is 4.79 Å². The lowest BCUT2D eigenvalue weighted by Gasteiger charge is -2.54. The van der Waals surface area contributed by atoms with Crippen LogP contribution in [0.15, 0.2) is 24.4 Å². The summed E-state index contributed by atoms with van der Waals surface area (Å²) in [5, 5.41) is 6.52. The van der Waals surface area contributed by atoms with Gasteiger partial charge < -0.3 is 15.5 Å². The van der Waals surface area contributed by atoms with Crippen molar-refractivity contribution >= 4 is 24.2 Å². The van der Waals surface area contributed by atoms with Gasteiger partial charge in [-0.2, -0.15) is 0 Å². The van der Waals surface area contributed by atoms with Gasteiger partial charge >= 0.3 is 0 Å². The molecule has 7 heteroatoms. The minimum atomic E-state index is -0.164. The van der Waals surface area contributed by atoms with Crippen LogP contribution >= 0.6 is 12.4 Å². The molecule has 1 aromatic heterocycles. The minimum absolute atomic E-state index is 0. The van der Waals surface area contributed by atoms with Crippen LogP contribution in [0.3, 0.4) is 0 Å². The fraction of sp³-hybridized carbons (Fsp3) is 0.611. The highest BCUT2D eigenvalue weighted by molar-refractivity contribution is 5.92. The van der Waals surface area contributed by atoms with Crippen molar-refractivity contribution < 1.29 is 9.59 Å². The fourth-order valence-corrected chi connectivity index (χ4v) is 4.68. The molecule has 2 N–H and O–H groups in total. The lowest BCUT2D eigenvalue weighted by molar-refractivity contribution is -0.148. The van der Waals surface area contributed by atoms with E-state index in [1.807, 2.05) is 6.07 Å². The maximum atomic E-state index is 12.6. The van der Waals surface area contributed by atoms with E-state index in [-0.39, 0.29) is 30.3 Å². The summed E-state index contributed by atoms with van der Waals surface area (Å²) in [6.45, 7) is 2.45. The smallest absolute Gasteiger partial charge is 0.269 e. The second kappa shape index (κ2) is 7.70. The number of carbonyl (C=O) groups excluding carboxylic acids is 2. The van der Waals surface area contributed by atoms with Crippen LogP contribution in [0.2, 0.25) is 0 Å². The Bertz CT molecular complexity index is 627. The van der Waals surface area contributed by atoms with Gasteiger partial charge in [-0.3, -0.25) is 14.6 Å². The van der Waals surface area contributed by atoms with E-state index in [2.05, 4.69) is 20.5 Å². The summed E-state index contributed by atoms with van der Waals surface area (Å²) in [7, 11) is 0. The van der Waals surface area contributed by atoms with Crippen molar-refractivity contribution in [2.75, 3.05) is 19.6 Å².